The first kappa shape index (κ1) is 16.4. The van der Waals surface area contributed by atoms with Crippen molar-refractivity contribution in [3.63, 3.8) is 0 Å². The Kier molecular flexibility index (Phi) is 4.49. The third-order valence-electron chi connectivity index (χ3n) is 3.85. The number of esters is 1. The molecule has 1 aromatic carbocycles. The zero-order valence-corrected chi connectivity index (χ0v) is 14.6. The van der Waals surface area contributed by atoms with Gasteiger partial charge in [0, 0.05) is 10.9 Å². The average Bonchev–Trinajstić information content (AvgIpc) is 2.97. The summed E-state index contributed by atoms with van der Waals surface area (Å²) in [5.41, 5.74) is 3.90. The van der Waals surface area contributed by atoms with Gasteiger partial charge in [-0.25, -0.2) is 4.98 Å². The van der Waals surface area contributed by atoms with E-state index in [1.54, 1.807) is 6.92 Å². The monoisotopic (exact) mass is 342 g/mol. The number of hydrogen-bond donors (Lipinski definition) is 0. The van der Waals surface area contributed by atoms with E-state index in [4.69, 9.17) is 4.74 Å². The van der Waals surface area contributed by atoms with Crippen molar-refractivity contribution >= 4 is 27.5 Å². The summed E-state index contributed by atoms with van der Waals surface area (Å²) in [6.45, 7) is 5.94. The predicted molar refractivity (Wildman–Crippen MR) is 95.4 cm³/mol. The van der Waals surface area contributed by atoms with Gasteiger partial charge in [0.25, 0.3) is 5.56 Å². The summed E-state index contributed by atoms with van der Waals surface area (Å²) in [6.07, 6.45) is 1.41. The summed E-state index contributed by atoms with van der Waals surface area (Å²) >= 11 is 1.43. The number of aryl methyl sites for hydroxylation is 2. The first-order valence-electron chi connectivity index (χ1n) is 7.71. The van der Waals surface area contributed by atoms with Gasteiger partial charge in [0.15, 0.2) is 0 Å². The third-order valence-corrected chi connectivity index (χ3v) is 4.74. The third kappa shape index (κ3) is 2.97. The molecule has 2 aromatic heterocycles. The molecule has 0 saturated carbocycles. The number of rotatable bonds is 4. The van der Waals surface area contributed by atoms with E-state index in [0.717, 1.165) is 22.3 Å². The quantitative estimate of drug-likeness (QED) is 0.683. The summed E-state index contributed by atoms with van der Waals surface area (Å²) in [5, 5.41) is 2.51. The highest BCUT2D eigenvalue weighted by Gasteiger charge is 2.16. The van der Waals surface area contributed by atoms with E-state index in [-0.39, 0.29) is 18.7 Å². The Balaban J connectivity index is 2.16. The molecule has 0 amide bonds. The highest BCUT2D eigenvalue weighted by Crippen LogP contribution is 2.33. The molecule has 0 atom stereocenters. The van der Waals surface area contributed by atoms with Gasteiger partial charge in [-0.3, -0.25) is 14.2 Å². The van der Waals surface area contributed by atoms with Crippen LogP contribution in [-0.2, 0) is 16.1 Å². The Morgan fingerprint density at radius 3 is 2.83 bits per heavy atom. The molecule has 24 heavy (non-hydrogen) atoms. The molecule has 0 saturated heterocycles. The lowest BCUT2D eigenvalue weighted by atomic mass is 9.99. The number of fused-ring (bicyclic) bond motifs is 1. The van der Waals surface area contributed by atoms with Gasteiger partial charge in [-0.05, 0) is 31.9 Å². The number of benzene rings is 1. The molecular formula is C18H18N2O3S. The largest absolute Gasteiger partial charge is 0.465 e. The van der Waals surface area contributed by atoms with Crippen LogP contribution in [0, 0.1) is 13.8 Å². The van der Waals surface area contributed by atoms with Crippen LogP contribution in [0.3, 0.4) is 0 Å². The Morgan fingerprint density at radius 2 is 2.08 bits per heavy atom. The molecule has 0 aliphatic heterocycles. The van der Waals surface area contributed by atoms with Crippen LogP contribution in [0.1, 0.15) is 18.1 Å². The smallest absolute Gasteiger partial charge is 0.326 e. The van der Waals surface area contributed by atoms with Crippen LogP contribution in [0.5, 0.6) is 0 Å². The second-order valence-electron chi connectivity index (χ2n) is 5.63. The fourth-order valence-electron chi connectivity index (χ4n) is 2.65. The predicted octanol–water partition coefficient (Wildman–Crippen LogP) is 3.30. The first-order valence-corrected chi connectivity index (χ1v) is 8.59. The number of ether oxygens (including phenoxy) is 1. The normalized spacial score (nSPS) is 11.0. The highest BCUT2D eigenvalue weighted by atomic mass is 32.1. The number of nitrogens with zero attached hydrogens (tertiary/aromatic N) is 2. The van der Waals surface area contributed by atoms with E-state index in [2.05, 4.69) is 11.1 Å². The van der Waals surface area contributed by atoms with Crippen LogP contribution < -0.4 is 5.56 Å². The van der Waals surface area contributed by atoms with Crippen LogP contribution in [0.2, 0.25) is 0 Å². The maximum absolute atomic E-state index is 12.8. The van der Waals surface area contributed by atoms with E-state index in [0.29, 0.717) is 10.2 Å². The molecule has 0 fully saturated rings. The Morgan fingerprint density at radius 1 is 1.29 bits per heavy atom. The molecule has 3 aromatic rings. The lowest BCUT2D eigenvalue weighted by Gasteiger charge is -2.08. The fourth-order valence-corrected chi connectivity index (χ4v) is 3.55. The van der Waals surface area contributed by atoms with Crippen molar-refractivity contribution in [2.45, 2.75) is 27.3 Å². The minimum atomic E-state index is -0.440. The van der Waals surface area contributed by atoms with Gasteiger partial charge in [-0.15, -0.1) is 11.3 Å². The second-order valence-corrected chi connectivity index (χ2v) is 6.49. The standard InChI is InChI=1S/C18H18N2O3S/c1-4-23-15(21)8-20-10-19-17-16(18(20)22)14(9-24-17)13-7-11(2)5-6-12(13)3/h5-7,9-10H,4,8H2,1-3H3. The van der Waals surface area contributed by atoms with E-state index in [1.165, 1.54) is 22.2 Å². The Bertz CT molecular complexity index is 972. The van der Waals surface area contributed by atoms with Crippen molar-refractivity contribution in [1.82, 2.24) is 9.55 Å². The molecule has 0 unspecified atom stereocenters. The highest BCUT2D eigenvalue weighted by molar-refractivity contribution is 7.17. The number of carbonyl (C=O) groups is 1. The zero-order chi connectivity index (χ0) is 17.3. The van der Waals surface area contributed by atoms with Gasteiger partial charge in [0.2, 0.25) is 0 Å². The van der Waals surface area contributed by atoms with Crippen LogP contribution in [0.4, 0.5) is 0 Å². The van der Waals surface area contributed by atoms with Gasteiger partial charge in [-0.1, -0.05) is 23.8 Å². The lowest BCUT2D eigenvalue weighted by molar-refractivity contribution is -0.143. The van der Waals surface area contributed by atoms with Gasteiger partial charge in [0.1, 0.15) is 11.4 Å². The van der Waals surface area contributed by atoms with E-state index in [9.17, 15) is 9.59 Å². The molecule has 2 heterocycles. The van der Waals surface area contributed by atoms with E-state index < -0.39 is 5.97 Å². The summed E-state index contributed by atoms with van der Waals surface area (Å²) < 4.78 is 6.23. The van der Waals surface area contributed by atoms with Crippen molar-refractivity contribution in [3.8, 4) is 11.1 Å². The minimum absolute atomic E-state index is 0.127. The van der Waals surface area contributed by atoms with Crippen molar-refractivity contribution in [2.75, 3.05) is 6.61 Å². The van der Waals surface area contributed by atoms with Crippen molar-refractivity contribution in [3.05, 3.63) is 51.4 Å². The van der Waals surface area contributed by atoms with Crippen molar-refractivity contribution in [2.24, 2.45) is 0 Å². The fraction of sp³-hybridized carbons (Fsp3) is 0.278. The SMILES string of the molecule is CCOC(=O)Cn1cnc2scc(-c3cc(C)ccc3C)c2c1=O. The minimum Gasteiger partial charge on any atom is -0.465 e. The summed E-state index contributed by atoms with van der Waals surface area (Å²) in [6, 6.07) is 6.16. The maximum atomic E-state index is 12.8. The molecule has 0 bridgehead atoms. The molecule has 124 valence electrons. The molecule has 0 radical (unpaired) electrons. The average molecular weight is 342 g/mol. The Labute approximate surface area is 143 Å². The zero-order valence-electron chi connectivity index (χ0n) is 13.8. The second kappa shape index (κ2) is 6.57. The molecule has 5 nitrogen and oxygen atoms in total. The number of thiophene rings is 1. The number of hydrogen-bond acceptors (Lipinski definition) is 5. The first-order chi connectivity index (χ1) is 11.5. The molecule has 0 spiro atoms. The molecule has 0 aliphatic carbocycles. The van der Waals surface area contributed by atoms with Crippen LogP contribution >= 0.6 is 11.3 Å². The maximum Gasteiger partial charge on any atom is 0.326 e. The van der Waals surface area contributed by atoms with Gasteiger partial charge < -0.3 is 4.74 Å². The lowest BCUT2D eigenvalue weighted by Crippen LogP contribution is -2.25. The molecular weight excluding hydrogens is 324 g/mol. The van der Waals surface area contributed by atoms with E-state index in [1.807, 2.05) is 31.4 Å². The van der Waals surface area contributed by atoms with Crippen LogP contribution in [0.15, 0.2) is 34.7 Å². The molecule has 0 N–H and O–H groups in total. The molecule has 6 heteroatoms. The van der Waals surface area contributed by atoms with Crippen LogP contribution in [0.25, 0.3) is 21.3 Å². The Hall–Kier alpha value is -2.47. The summed E-state index contributed by atoms with van der Waals surface area (Å²) in [4.78, 5) is 29.5. The summed E-state index contributed by atoms with van der Waals surface area (Å²) in [7, 11) is 0. The molecule has 0 aliphatic rings. The number of aromatic nitrogens is 2. The van der Waals surface area contributed by atoms with Crippen molar-refractivity contribution in [1.29, 1.82) is 0 Å². The van der Waals surface area contributed by atoms with Gasteiger partial charge in [-0.2, -0.15) is 0 Å². The van der Waals surface area contributed by atoms with Gasteiger partial charge in [0.05, 0.1) is 18.3 Å². The topological polar surface area (TPSA) is 61.2 Å². The number of carbonyl (C=O) groups excluding carboxylic acids is 1. The van der Waals surface area contributed by atoms with E-state index >= 15 is 0 Å². The van der Waals surface area contributed by atoms with Crippen molar-refractivity contribution < 1.29 is 9.53 Å². The van der Waals surface area contributed by atoms with Gasteiger partial charge >= 0.3 is 5.97 Å². The van der Waals surface area contributed by atoms with Crippen LogP contribution in [-0.4, -0.2) is 22.1 Å². The summed E-state index contributed by atoms with van der Waals surface area (Å²) in [5.74, 6) is -0.440. The molecule has 3 rings (SSSR count).